The van der Waals surface area contributed by atoms with Crippen LogP contribution in [0.15, 0.2) is 79.4 Å². The van der Waals surface area contributed by atoms with E-state index < -0.39 is 0 Å². The highest BCUT2D eigenvalue weighted by atomic mass is 79.9. The van der Waals surface area contributed by atoms with Gasteiger partial charge < -0.3 is 17.0 Å². The lowest BCUT2D eigenvalue weighted by molar-refractivity contribution is -0.683. The van der Waals surface area contributed by atoms with Crippen LogP contribution in [0.3, 0.4) is 0 Å². The summed E-state index contributed by atoms with van der Waals surface area (Å²) in [6.45, 7) is 0.327. The number of hydrogen-bond acceptors (Lipinski definition) is 2. The monoisotopic (exact) mass is 354 g/mol. The average Bonchev–Trinajstić information content (AvgIpc) is 2.57. The molecule has 1 aromatic heterocycles. The number of aromatic nitrogens is 2. The molecular formula is C18H15BrN2O. The van der Waals surface area contributed by atoms with Gasteiger partial charge in [0.25, 0.3) is 0 Å². The Morgan fingerprint density at radius 2 is 1.45 bits per heavy atom. The van der Waals surface area contributed by atoms with Crippen molar-refractivity contribution >= 4 is 5.78 Å². The molecule has 0 N–H and O–H groups in total. The number of carbonyl (C=O) groups is 1. The molecule has 3 rings (SSSR count). The van der Waals surface area contributed by atoms with E-state index >= 15 is 0 Å². The van der Waals surface area contributed by atoms with Gasteiger partial charge in [-0.1, -0.05) is 54.6 Å². The number of rotatable bonds is 4. The molecule has 0 radical (unpaired) electrons. The second-order valence-electron chi connectivity index (χ2n) is 4.78. The lowest BCUT2D eigenvalue weighted by Gasteiger charge is -2.03. The van der Waals surface area contributed by atoms with Crippen LogP contribution in [0.4, 0.5) is 0 Å². The summed E-state index contributed by atoms with van der Waals surface area (Å²) >= 11 is 0. The number of carbonyl (C=O) groups excluding carboxylic acids is 1. The maximum atomic E-state index is 12.2. The van der Waals surface area contributed by atoms with Gasteiger partial charge in [-0.2, -0.15) is 4.57 Å². The smallest absolute Gasteiger partial charge is 0.227 e. The van der Waals surface area contributed by atoms with Crippen LogP contribution in [0.5, 0.6) is 0 Å². The van der Waals surface area contributed by atoms with E-state index in [0.717, 1.165) is 16.7 Å². The quantitative estimate of drug-likeness (QED) is 0.485. The van der Waals surface area contributed by atoms with Crippen LogP contribution in [0, 0.1) is 0 Å². The van der Waals surface area contributed by atoms with Crippen molar-refractivity contribution in [3.8, 4) is 11.1 Å². The summed E-state index contributed by atoms with van der Waals surface area (Å²) in [6.07, 6.45) is 6.92. The van der Waals surface area contributed by atoms with Gasteiger partial charge in [0.05, 0.1) is 12.4 Å². The summed E-state index contributed by atoms with van der Waals surface area (Å²) in [4.78, 5) is 16.2. The molecule has 0 aliphatic heterocycles. The molecule has 22 heavy (non-hydrogen) atoms. The molecule has 1 heterocycles. The summed E-state index contributed by atoms with van der Waals surface area (Å²) in [6, 6.07) is 17.9. The summed E-state index contributed by atoms with van der Waals surface area (Å²) in [5.41, 5.74) is 2.99. The first kappa shape index (κ1) is 16.0. The van der Waals surface area contributed by atoms with E-state index in [4.69, 9.17) is 0 Å². The SMILES string of the molecule is O=C(C[n+]1ccncc1)c1ccc(-c2ccccc2)cc1.[Br-]. The second kappa shape index (κ2) is 7.61. The topological polar surface area (TPSA) is 33.8 Å². The molecule has 0 unspecified atom stereocenters. The van der Waals surface area contributed by atoms with Gasteiger partial charge in [-0.25, -0.2) is 0 Å². The fraction of sp³-hybridized carbons (Fsp3) is 0.0556. The first-order chi connectivity index (χ1) is 10.3. The van der Waals surface area contributed by atoms with Gasteiger partial charge in [0, 0.05) is 5.56 Å². The molecule has 0 amide bonds. The summed E-state index contributed by atoms with van der Waals surface area (Å²) in [7, 11) is 0. The van der Waals surface area contributed by atoms with Crippen molar-refractivity contribution in [2.75, 3.05) is 0 Å². The molecule has 3 aromatic rings. The van der Waals surface area contributed by atoms with Crippen molar-refractivity contribution < 1.29 is 26.3 Å². The van der Waals surface area contributed by atoms with Gasteiger partial charge in [0.15, 0.2) is 12.4 Å². The number of benzene rings is 2. The number of nitrogens with zero attached hydrogens (tertiary/aromatic N) is 2. The third kappa shape index (κ3) is 3.86. The first-order valence-electron chi connectivity index (χ1n) is 6.81. The Morgan fingerprint density at radius 1 is 0.864 bits per heavy atom. The van der Waals surface area contributed by atoms with Crippen molar-refractivity contribution in [1.29, 1.82) is 0 Å². The van der Waals surface area contributed by atoms with Crippen molar-refractivity contribution in [2.24, 2.45) is 0 Å². The zero-order chi connectivity index (χ0) is 14.5. The summed E-state index contributed by atoms with van der Waals surface area (Å²) in [5.74, 6) is 0.0887. The Balaban J connectivity index is 0.00000176. The zero-order valence-electron chi connectivity index (χ0n) is 11.9. The van der Waals surface area contributed by atoms with Crippen molar-refractivity contribution in [3.63, 3.8) is 0 Å². The number of halogens is 1. The Hall–Kier alpha value is -2.33. The lowest BCUT2D eigenvalue weighted by atomic mass is 10.0. The minimum atomic E-state index is 0. The molecule has 0 fully saturated rings. The Labute approximate surface area is 140 Å². The Morgan fingerprint density at radius 3 is 2.09 bits per heavy atom. The molecule has 0 saturated heterocycles. The van der Waals surface area contributed by atoms with Crippen LogP contribution >= 0.6 is 0 Å². The van der Waals surface area contributed by atoms with Crippen LogP contribution < -0.4 is 21.5 Å². The minimum Gasteiger partial charge on any atom is -1.00 e. The van der Waals surface area contributed by atoms with E-state index in [2.05, 4.69) is 17.1 Å². The molecule has 3 nitrogen and oxygen atoms in total. The van der Waals surface area contributed by atoms with E-state index in [0.29, 0.717) is 6.54 Å². The predicted molar refractivity (Wildman–Crippen MR) is 80.6 cm³/mol. The fourth-order valence-corrected chi connectivity index (χ4v) is 2.19. The number of Topliss-reactive ketones (excluding diaryl/α,β-unsaturated/α-hetero) is 1. The third-order valence-electron chi connectivity index (χ3n) is 3.33. The summed E-state index contributed by atoms with van der Waals surface area (Å²) < 4.78 is 1.82. The molecule has 0 bridgehead atoms. The fourth-order valence-electron chi connectivity index (χ4n) is 2.19. The highest BCUT2D eigenvalue weighted by Gasteiger charge is 2.11. The third-order valence-corrected chi connectivity index (χ3v) is 3.33. The van der Waals surface area contributed by atoms with E-state index in [1.165, 1.54) is 0 Å². The van der Waals surface area contributed by atoms with Crippen molar-refractivity contribution in [3.05, 3.63) is 84.9 Å². The van der Waals surface area contributed by atoms with Gasteiger partial charge >= 0.3 is 0 Å². The predicted octanol–water partition coefficient (Wildman–Crippen LogP) is -0.0770. The van der Waals surface area contributed by atoms with Gasteiger partial charge in [-0.05, 0) is 11.1 Å². The van der Waals surface area contributed by atoms with Gasteiger partial charge in [-0.15, -0.1) is 0 Å². The molecule has 0 aliphatic carbocycles. The minimum absolute atomic E-state index is 0. The maximum Gasteiger partial charge on any atom is 0.227 e. The highest BCUT2D eigenvalue weighted by molar-refractivity contribution is 5.95. The molecule has 4 heteroatoms. The van der Waals surface area contributed by atoms with E-state index in [9.17, 15) is 4.79 Å². The highest BCUT2D eigenvalue weighted by Crippen LogP contribution is 2.19. The molecule has 0 saturated carbocycles. The van der Waals surface area contributed by atoms with Gasteiger partial charge in [0.2, 0.25) is 12.3 Å². The van der Waals surface area contributed by atoms with Crippen LogP contribution in [0.1, 0.15) is 10.4 Å². The molecular weight excluding hydrogens is 340 g/mol. The Bertz CT molecular complexity index is 728. The van der Waals surface area contributed by atoms with E-state index in [-0.39, 0.29) is 22.8 Å². The standard InChI is InChI=1S/C18H15N2O.BrH/c21-18(14-20-12-10-19-11-13-20)17-8-6-16(7-9-17)15-4-2-1-3-5-15;/h1-13H,14H2;1H/q+1;/p-1. The number of hydrogen-bond donors (Lipinski definition) is 0. The normalized spacial score (nSPS) is 9.82. The van der Waals surface area contributed by atoms with Crippen LogP contribution in [-0.4, -0.2) is 10.8 Å². The molecule has 0 spiro atoms. The van der Waals surface area contributed by atoms with Gasteiger partial charge in [-0.3, -0.25) is 9.78 Å². The van der Waals surface area contributed by atoms with Crippen LogP contribution in [0.25, 0.3) is 11.1 Å². The number of ketones is 1. The summed E-state index contributed by atoms with van der Waals surface area (Å²) in [5, 5.41) is 0. The van der Waals surface area contributed by atoms with E-state index in [1.54, 1.807) is 24.8 Å². The first-order valence-corrected chi connectivity index (χ1v) is 6.81. The van der Waals surface area contributed by atoms with Crippen LogP contribution in [0.2, 0.25) is 0 Å². The Kier molecular flexibility index (Phi) is 5.55. The van der Waals surface area contributed by atoms with Crippen molar-refractivity contribution in [2.45, 2.75) is 6.54 Å². The second-order valence-corrected chi connectivity index (χ2v) is 4.78. The molecule has 2 aromatic carbocycles. The van der Waals surface area contributed by atoms with E-state index in [1.807, 2.05) is 47.0 Å². The lowest BCUT2D eigenvalue weighted by Crippen LogP contribution is -3.00. The molecule has 0 aliphatic rings. The van der Waals surface area contributed by atoms with Crippen LogP contribution in [-0.2, 0) is 6.54 Å². The maximum absolute atomic E-state index is 12.2. The average molecular weight is 355 g/mol. The molecule has 110 valence electrons. The van der Waals surface area contributed by atoms with Crippen molar-refractivity contribution in [1.82, 2.24) is 4.98 Å². The largest absolute Gasteiger partial charge is 1.00 e. The zero-order valence-corrected chi connectivity index (χ0v) is 13.5. The van der Waals surface area contributed by atoms with Gasteiger partial charge in [0.1, 0.15) is 0 Å². The molecule has 0 atom stereocenters.